The lowest BCUT2D eigenvalue weighted by Crippen LogP contribution is -2.46. The van der Waals surface area contributed by atoms with Crippen LogP contribution in [0.15, 0.2) is 23.1 Å². The molecule has 0 aromatic heterocycles. The highest BCUT2D eigenvalue weighted by Gasteiger charge is 2.35. The molecule has 1 amide bonds. The van der Waals surface area contributed by atoms with E-state index in [0.29, 0.717) is 31.5 Å². The lowest BCUT2D eigenvalue weighted by atomic mass is 10.00. The van der Waals surface area contributed by atoms with E-state index in [1.807, 2.05) is 0 Å². The van der Waals surface area contributed by atoms with Gasteiger partial charge in [-0.3, -0.25) is 4.79 Å². The van der Waals surface area contributed by atoms with Gasteiger partial charge in [0.05, 0.1) is 16.5 Å². The number of hydrogen-bond donors (Lipinski definition) is 1. The Labute approximate surface area is 170 Å². The normalized spacial score (nSPS) is 18.9. The summed E-state index contributed by atoms with van der Waals surface area (Å²) in [5.41, 5.74) is -0.225. The number of amides is 1. The summed E-state index contributed by atoms with van der Waals surface area (Å²) in [5, 5.41) is 12.0. The maximum Gasteiger partial charge on any atom is 0.338 e. The van der Waals surface area contributed by atoms with Gasteiger partial charge in [0, 0.05) is 13.1 Å². The van der Waals surface area contributed by atoms with Gasteiger partial charge in [-0.25, -0.2) is 13.2 Å². The average Bonchev–Trinajstić information content (AvgIpc) is 3.39. The largest absolute Gasteiger partial charge is 0.452 e. The summed E-state index contributed by atoms with van der Waals surface area (Å²) in [6.45, 7) is 2.09. The zero-order valence-electron chi connectivity index (χ0n) is 16.4. The topological polar surface area (TPSA) is 117 Å². The second kappa shape index (κ2) is 8.51. The van der Waals surface area contributed by atoms with E-state index in [2.05, 4.69) is 11.4 Å². The van der Waals surface area contributed by atoms with Crippen LogP contribution < -0.4 is 5.32 Å². The quantitative estimate of drug-likeness (QED) is 0.704. The molecule has 1 saturated heterocycles. The molecule has 1 aliphatic heterocycles. The van der Waals surface area contributed by atoms with Crippen molar-refractivity contribution in [2.75, 3.05) is 19.7 Å². The predicted molar refractivity (Wildman–Crippen MR) is 104 cm³/mol. The summed E-state index contributed by atoms with van der Waals surface area (Å²) in [4.78, 5) is 24.7. The lowest BCUT2D eigenvalue weighted by molar-refractivity contribution is -0.125. The number of sulfonamides is 1. The number of hydrogen-bond acceptors (Lipinski definition) is 6. The van der Waals surface area contributed by atoms with Gasteiger partial charge in [-0.2, -0.15) is 9.57 Å². The van der Waals surface area contributed by atoms with E-state index >= 15 is 0 Å². The summed E-state index contributed by atoms with van der Waals surface area (Å²) in [5.74, 6) is -1.31. The maximum absolute atomic E-state index is 12.7. The van der Waals surface area contributed by atoms with E-state index in [1.165, 1.54) is 16.4 Å². The van der Waals surface area contributed by atoms with Crippen LogP contribution in [0.4, 0.5) is 0 Å². The predicted octanol–water partition coefficient (Wildman–Crippen LogP) is 1.89. The smallest absolute Gasteiger partial charge is 0.338 e. The van der Waals surface area contributed by atoms with Gasteiger partial charge in [0.15, 0.2) is 6.61 Å². The van der Waals surface area contributed by atoms with E-state index in [1.54, 1.807) is 13.0 Å². The maximum atomic E-state index is 12.7. The number of ether oxygens (including phenoxy) is 1. The second-order valence-electron chi connectivity index (χ2n) is 7.61. The van der Waals surface area contributed by atoms with Crippen LogP contribution in [0.1, 0.15) is 54.4 Å². The molecule has 0 spiro atoms. The van der Waals surface area contributed by atoms with Crippen LogP contribution in [0.5, 0.6) is 0 Å². The number of esters is 1. The fourth-order valence-electron chi connectivity index (χ4n) is 3.81. The van der Waals surface area contributed by atoms with Crippen LogP contribution in [0.25, 0.3) is 0 Å². The minimum Gasteiger partial charge on any atom is -0.452 e. The van der Waals surface area contributed by atoms with Crippen molar-refractivity contribution in [2.24, 2.45) is 0 Å². The Bertz CT molecular complexity index is 939. The molecule has 1 N–H and O–H groups in total. The molecule has 1 saturated carbocycles. The molecular weight excluding hydrogens is 394 g/mol. The Morgan fingerprint density at radius 3 is 2.48 bits per heavy atom. The summed E-state index contributed by atoms with van der Waals surface area (Å²) >= 11 is 0. The minimum absolute atomic E-state index is 0.0378. The zero-order chi connectivity index (χ0) is 21.1. The molecule has 0 unspecified atom stereocenters. The number of nitriles is 1. The highest BCUT2D eigenvalue weighted by Crippen LogP contribution is 2.29. The molecule has 0 bridgehead atoms. The number of benzene rings is 1. The third-order valence-corrected chi connectivity index (χ3v) is 7.41. The first kappa shape index (κ1) is 21.3. The molecule has 1 aromatic carbocycles. The summed E-state index contributed by atoms with van der Waals surface area (Å²) in [7, 11) is -3.66. The van der Waals surface area contributed by atoms with Gasteiger partial charge in [0.25, 0.3) is 5.91 Å². The van der Waals surface area contributed by atoms with Crippen molar-refractivity contribution >= 4 is 21.9 Å². The average molecular weight is 420 g/mol. The number of carbonyl (C=O) groups excluding carboxylic acids is 2. The third kappa shape index (κ3) is 4.60. The van der Waals surface area contributed by atoms with Gasteiger partial charge in [0.2, 0.25) is 10.0 Å². The summed E-state index contributed by atoms with van der Waals surface area (Å²) < 4.78 is 32.0. The molecule has 2 aliphatic rings. The second-order valence-corrected chi connectivity index (χ2v) is 9.55. The molecule has 0 radical (unpaired) electrons. The Balaban J connectivity index is 1.67. The van der Waals surface area contributed by atoms with Crippen LogP contribution in [-0.4, -0.2) is 49.8 Å². The van der Waals surface area contributed by atoms with Crippen molar-refractivity contribution in [3.05, 3.63) is 29.3 Å². The molecule has 1 aromatic rings. The molecule has 29 heavy (non-hydrogen) atoms. The number of nitrogens with zero attached hydrogens (tertiary/aromatic N) is 2. The van der Waals surface area contributed by atoms with Crippen molar-refractivity contribution in [3.8, 4) is 6.07 Å². The molecule has 2 fully saturated rings. The first-order valence-electron chi connectivity index (χ1n) is 9.78. The van der Waals surface area contributed by atoms with E-state index in [9.17, 15) is 23.3 Å². The minimum atomic E-state index is -3.66. The van der Waals surface area contributed by atoms with Crippen molar-refractivity contribution in [1.82, 2.24) is 9.62 Å². The Morgan fingerprint density at radius 2 is 1.86 bits per heavy atom. The Kier molecular flexibility index (Phi) is 6.24. The van der Waals surface area contributed by atoms with E-state index in [0.717, 1.165) is 25.7 Å². The highest BCUT2D eigenvalue weighted by molar-refractivity contribution is 7.89. The number of rotatable bonds is 6. The molecule has 3 rings (SSSR count). The standard InChI is InChI=1S/C20H25N3O5S/c1-15-6-7-16(29(26,27)23-10-4-5-11-23)12-17(15)19(25)28-13-18(24)22-20(14-21)8-2-3-9-20/h6-7,12H,2-5,8-11,13H2,1H3,(H,22,24). The molecule has 156 valence electrons. The third-order valence-electron chi connectivity index (χ3n) is 5.52. The molecule has 1 aliphatic carbocycles. The molecule has 0 atom stereocenters. The van der Waals surface area contributed by atoms with Gasteiger partial charge >= 0.3 is 5.97 Å². The van der Waals surface area contributed by atoms with Gasteiger partial charge in [0.1, 0.15) is 5.54 Å². The van der Waals surface area contributed by atoms with Gasteiger partial charge in [-0.1, -0.05) is 6.07 Å². The monoisotopic (exact) mass is 419 g/mol. The fraction of sp³-hybridized carbons (Fsp3) is 0.550. The van der Waals surface area contributed by atoms with Crippen molar-refractivity contribution < 1.29 is 22.7 Å². The van der Waals surface area contributed by atoms with Crippen LogP contribution in [0.3, 0.4) is 0 Å². The van der Waals surface area contributed by atoms with E-state index in [4.69, 9.17) is 4.74 Å². The zero-order valence-corrected chi connectivity index (χ0v) is 17.3. The summed E-state index contributed by atoms with van der Waals surface area (Å²) in [6.07, 6.45) is 4.53. The molecule has 8 nitrogen and oxygen atoms in total. The lowest BCUT2D eigenvalue weighted by Gasteiger charge is -2.21. The number of carbonyl (C=O) groups is 2. The van der Waals surface area contributed by atoms with Crippen LogP contribution >= 0.6 is 0 Å². The summed E-state index contributed by atoms with van der Waals surface area (Å²) in [6, 6.07) is 6.48. The van der Waals surface area contributed by atoms with Crippen LogP contribution in [0, 0.1) is 18.3 Å². The molecular formula is C20H25N3O5S. The Hall–Kier alpha value is -2.44. The van der Waals surface area contributed by atoms with Crippen molar-refractivity contribution in [1.29, 1.82) is 5.26 Å². The Morgan fingerprint density at radius 1 is 1.21 bits per heavy atom. The first-order chi connectivity index (χ1) is 13.8. The van der Waals surface area contributed by atoms with Crippen molar-refractivity contribution in [2.45, 2.75) is 55.9 Å². The van der Waals surface area contributed by atoms with Crippen molar-refractivity contribution in [3.63, 3.8) is 0 Å². The number of nitrogens with one attached hydrogen (secondary N) is 1. The number of aryl methyl sites for hydroxylation is 1. The van der Waals surface area contributed by atoms with E-state index in [-0.39, 0.29) is 10.5 Å². The van der Waals surface area contributed by atoms with E-state index < -0.39 is 34.0 Å². The fourth-order valence-corrected chi connectivity index (χ4v) is 5.36. The molecule has 9 heteroatoms. The molecule has 1 heterocycles. The highest BCUT2D eigenvalue weighted by atomic mass is 32.2. The SMILES string of the molecule is Cc1ccc(S(=O)(=O)N2CCCC2)cc1C(=O)OCC(=O)NC1(C#N)CCCC1. The van der Waals surface area contributed by atoms with Crippen LogP contribution in [-0.2, 0) is 19.6 Å². The first-order valence-corrected chi connectivity index (χ1v) is 11.2. The van der Waals surface area contributed by atoms with Gasteiger partial charge in [-0.15, -0.1) is 0 Å². The van der Waals surface area contributed by atoms with Gasteiger partial charge in [-0.05, 0) is 63.1 Å². The van der Waals surface area contributed by atoms with Gasteiger partial charge < -0.3 is 10.1 Å². The van der Waals surface area contributed by atoms with Crippen LogP contribution in [0.2, 0.25) is 0 Å².